The van der Waals surface area contributed by atoms with E-state index in [1.54, 1.807) is 29.2 Å². The molecule has 25 heavy (non-hydrogen) atoms. The molecule has 0 spiro atoms. The van der Waals surface area contributed by atoms with Crippen molar-refractivity contribution in [3.05, 3.63) is 51.7 Å². The summed E-state index contributed by atoms with van der Waals surface area (Å²) in [4.78, 5) is 28.0. The minimum atomic E-state index is -0.0776. The maximum Gasteiger partial charge on any atom is 0.251 e. The number of likely N-dealkylation sites (N-methyl/N-ethyl adjacent to an activating group) is 1. The molecule has 1 aliphatic heterocycles. The van der Waals surface area contributed by atoms with Crippen LogP contribution in [0.15, 0.2) is 35.0 Å². The van der Waals surface area contributed by atoms with Crippen molar-refractivity contribution < 1.29 is 9.59 Å². The Morgan fingerprint density at radius 1 is 1.32 bits per heavy atom. The Bertz CT molecular complexity index is 771. The fourth-order valence-electron chi connectivity index (χ4n) is 3.22. The standard InChI is InChI=1S/C19H23N3O2S/c1-13(23)22-8-6-14-10-15(4-5-17(14)22)19(24)20-11-18(21(2)3)16-7-9-25-12-16/h4-5,7,9-10,12,18H,6,8,11H2,1-3H3,(H,20,24)/t18-/m0/s1. The normalized spacial score (nSPS) is 14.5. The molecule has 0 aliphatic carbocycles. The van der Waals surface area contributed by atoms with Gasteiger partial charge in [0.05, 0.1) is 6.04 Å². The van der Waals surface area contributed by atoms with Crippen LogP contribution in [0.2, 0.25) is 0 Å². The summed E-state index contributed by atoms with van der Waals surface area (Å²) in [6.07, 6.45) is 0.797. The van der Waals surface area contributed by atoms with Gasteiger partial charge in [0.1, 0.15) is 0 Å². The maximum absolute atomic E-state index is 12.5. The van der Waals surface area contributed by atoms with Crippen LogP contribution in [0, 0.1) is 0 Å². The fraction of sp³-hybridized carbons (Fsp3) is 0.368. The molecule has 0 fully saturated rings. The molecule has 0 unspecified atom stereocenters. The van der Waals surface area contributed by atoms with Gasteiger partial charge in [0.25, 0.3) is 5.91 Å². The highest BCUT2D eigenvalue weighted by molar-refractivity contribution is 7.07. The second-order valence-corrected chi connectivity index (χ2v) is 7.29. The molecule has 1 aromatic carbocycles. The summed E-state index contributed by atoms with van der Waals surface area (Å²) < 4.78 is 0. The molecular weight excluding hydrogens is 334 g/mol. The number of carbonyl (C=O) groups is 2. The Morgan fingerprint density at radius 2 is 2.12 bits per heavy atom. The predicted octanol–water partition coefficient (Wildman–Crippen LogP) is 2.69. The molecule has 6 heteroatoms. The van der Waals surface area contributed by atoms with Crippen LogP contribution in [0.5, 0.6) is 0 Å². The van der Waals surface area contributed by atoms with Gasteiger partial charge in [-0.05, 0) is 66.7 Å². The molecule has 1 N–H and O–H groups in total. The second-order valence-electron chi connectivity index (χ2n) is 6.51. The second kappa shape index (κ2) is 7.37. The molecule has 132 valence electrons. The Kier molecular flexibility index (Phi) is 5.20. The number of hydrogen-bond acceptors (Lipinski definition) is 4. The van der Waals surface area contributed by atoms with E-state index in [4.69, 9.17) is 0 Å². The first kappa shape index (κ1) is 17.6. The summed E-state index contributed by atoms with van der Waals surface area (Å²) in [5.41, 5.74) is 3.84. The number of nitrogens with one attached hydrogen (secondary N) is 1. The lowest BCUT2D eigenvalue weighted by Crippen LogP contribution is -2.34. The lowest BCUT2D eigenvalue weighted by atomic mass is 10.1. The zero-order valence-corrected chi connectivity index (χ0v) is 15.6. The quantitative estimate of drug-likeness (QED) is 0.895. The van der Waals surface area contributed by atoms with E-state index in [1.807, 2.05) is 26.2 Å². The molecule has 0 saturated heterocycles. The predicted molar refractivity (Wildman–Crippen MR) is 101 cm³/mol. The molecule has 0 radical (unpaired) electrons. The third-order valence-electron chi connectivity index (χ3n) is 4.62. The molecule has 2 heterocycles. The number of carbonyl (C=O) groups excluding carboxylic acids is 2. The molecule has 5 nitrogen and oxygen atoms in total. The summed E-state index contributed by atoms with van der Waals surface area (Å²) >= 11 is 1.66. The molecule has 1 aromatic heterocycles. The van der Waals surface area contributed by atoms with Crippen LogP contribution in [-0.4, -0.2) is 43.9 Å². The summed E-state index contributed by atoms with van der Waals surface area (Å²) in [7, 11) is 4.03. The maximum atomic E-state index is 12.5. The van der Waals surface area contributed by atoms with Crippen LogP contribution in [0.1, 0.15) is 34.5 Å². The van der Waals surface area contributed by atoms with Gasteiger partial charge in [-0.15, -0.1) is 0 Å². The van der Waals surface area contributed by atoms with Crippen molar-refractivity contribution in [3.63, 3.8) is 0 Å². The van der Waals surface area contributed by atoms with Gasteiger partial charge in [0.15, 0.2) is 0 Å². The van der Waals surface area contributed by atoms with E-state index in [0.717, 1.165) is 17.7 Å². The van der Waals surface area contributed by atoms with Crippen molar-refractivity contribution in [1.29, 1.82) is 0 Å². The number of rotatable bonds is 5. The van der Waals surface area contributed by atoms with E-state index < -0.39 is 0 Å². The van der Waals surface area contributed by atoms with Gasteiger partial charge in [0.2, 0.25) is 5.91 Å². The molecule has 2 aromatic rings. The molecule has 3 rings (SSSR count). The average Bonchev–Trinajstić information content (AvgIpc) is 3.23. The van der Waals surface area contributed by atoms with Gasteiger partial charge in [-0.2, -0.15) is 11.3 Å². The number of fused-ring (bicyclic) bond motifs is 1. The van der Waals surface area contributed by atoms with Gasteiger partial charge in [-0.25, -0.2) is 0 Å². The summed E-state index contributed by atoms with van der Waals surface area (Å²) in [6.45, 7) is 2.82. The highest BCUT2D eigenvalue weighted by atomic mass is 32.1. The highest BCUT2D eigenvalue weighted by Crippen LogP contribution is 2.29. The Hall–Kier alpha value is -2.18. The lowest BCUT2D eigenvalue weighted by Gasteiger charge is -2.24. The molecule has 0 saturated carbocycles. The van der Waals surface area contributed by atoms with E-state index in [-0.39, 0.29) is 17.9 Å². The number of anilines is 1. The monoisotopic (exact) mass is 357 g/mol. The number of benzene rings is 1. The molecule has 0 bridgehead atoms. The van der Waals surface area contributed by atoms with Crippen LogP contribution in [0.4, 0.5) is 5.69 Å². The van der Waals surface area contributed by atoms with Crippen LogP contribution in [0.25, 0.3) is 0 Å². The van der Waals surface area contributed by atoms with Gasteiger partial charge in [-0.1, -0.05) is 0 Å². The van der Waals surface area contributed by atoms with Crippen molar-refractivity contribution in [3.8, 4) is 0 Å². The topological polar surface area (TPSA) is 52.7 Å². The van der Waals surface area contributed by atoms with Gasteiger partial charge in [-0.3, -0.25) is 9.59 Å². The van der Waals surface area contributed by atoms with Crippen molar-refractivity contribution in [2.24, 2.45) is 0 Å². The van der Waals surface area contributed by atoms with E-state index >= 15 is 0 Å². The van der Waals surface area contributed by atoms with Crippen LogP contribution in [-0.2, 0) is 11.2 Å². The van der Waals surface area contributed by atoms with Crippen molar-refractivity contribution in [1.82, 2.24) is 10.2 Å². The molecule has 2 amide bonds. The fourth-order valence-corrected chi connectivity index (χ4v) is 3.93. The van der Waals surface area contributed by atoms with E-state index in [0.29, 0.717) is 18.7 Å². The van der Waals surface area contributed by atoms with Crippen molar-refractivity contribution >= 4 is 28.8 Å². The number of hydrogen-bond donors (Lipinski definition) is 1. The largest absolute Gasteiger partial charge is 0.350 e. The minimum Gasteiger partial charge on any atom is -0.350 e. The van der Waals surface area contributed by atoms with Crippen LogP contribution >= 0.6 is 11.3 Å². The summed E-state index contributed by atoms with van der Waals surface area (Å²) in [6, 6.07) is 7.82. The lowest BCUT2D eigenvalue weighted by molar-refractivity contribution is -0.116. The number of amides is 2. The molecule has 1 atom stereocenters. The zero-order chi connectivity index (χ0) is 18.0. The molecular formula is C19H23N3O2S. The Balaban J connectivity index is 1.69. The van der Waals surface area contributed by atoms with Gasteiger partial charge >= 0.3 is 0 Å². The van der Waals surface area contributed by atoms with E-state index in [1.165, 1.54) is 5.56 Å². The van der Waals surface area contributed by atoms with E-state index in [2.05, 4.69) is 27.0 Å². The molecule has 1 aliphatic rings. The number of nitrogens with zero attached hydrogens (tertiary/aromatic N) is 2. The number of thiophene rings is 1. The first-order chi connectivity index (χ1) is 12.0. The van der Waals surface area contributed by atoms with Gasteiger partial charge in [0, 0.05) is 31.3 Å². The smallest absolute Gasteiger partial charge is 0.251 e. The zero-order valence-electron chi connectivity index (χ0n) is 14.8. The SMILES string of the molecule is CC(=O)N1CCc2cc(C(=O)NC[C@@H](c3ccsc3)N(C)C)ccc21. The van der Waals surface area contributed by atoms with Crippen LogP contribution in [0.3, 0.4) is 0 Å². The highest BCUT2D eigenvalue weighted by Gasteiger charge is 2.23. The van der Waals surface area contributed by atoms with Crippen molar-refractivity contribution in [2.75, 3.05) is 32.1 Å². The van der Waals surface area contributed by atoms with Crippen LogP contribution < -0.4 is 10.2 Å². The van der Waals surface area contributed by atoms with Gasteiger partial charge < -0.3 is 15.1 Å². The first-order valence-electron chi connectivity index (χ1n) is 8.35. The third kappa shape index (κ3) is 3.75. The summed E-state index contributed by atoms with van der Waals surface area (Å²) in [5.74, 6) is -0.0355. The minimum absolute atomic E-state index is 0.0422. The summed E-state index contributed by atoms with van der Waals surface area (Å²) in [5, 5.41) is 7.20. The third-order valence-corrected chi connectivity index (χ3v) is 5.33. The van der Waals surface area contributed by atoms with E-state index in [9.17, 15) is 9.59 Å². The Morgan fingerprint density at radius 3 is 2.76 bits per heavy atom. The Labute approximate surface area is 152 Å². The van der Waals surface area contributed by atoms with Crippen molar-refractivity contribution in [2.45, 2.75) is 19.4 Å². The first-order valence-corrected chi connectivity index (χ1v) is 9.29. The average molecular weight is 357 g/mol.